The summed E-state index contributed by atoms with van der Waals surface area (Å²) in [6, 6.07) is 3.01. The van der Waals surface area contributed by atoms with Crippen molar-refractivity contribution in [3.05, 3.63) is 22.8 Å². The summed E-state index contributed by atoms with van der Waals surface area (Å²) in [4.78, 5) is 15.3. The van der Waals surface area contributed by atoms with Gasteiger partial charge in [0.25, 0.3) is 5.91 Å². The third-order valence-electron chi connectivity index (χ3n) is 1.89. The van der Waals surface area contributed by atoms with Crippen molar-refractivity contribution in [1.82, 2.24) is 10.3 Å². The summed E-state index contributed by atoms with van der Waals surface area (Å²) in [5.41, 5.74) is 5.92. The van der Waals surface area contributed by atoms with Crippen LogP contribution in [-0.4, -0.2) is 17.4 Å². The minimum Gasteiger partial charge on any atom is -0.384 e. The van der Waals surface area contributed by atoms with Crippen molar-refractivity contribution in [3.8, 4) is 0 Å². The summed E-state index contributed by atoms with van der Waals surface area (Å²) in [5.74, 6) is 0.0857. The molecule has 0 atom stereocenters. The second kappa shape index (κ2) is 5.56. The number of halogens is 1. The molecule has 0 unspecified atom stereocenters. The van der Waals surface area contributed by atoms with Gasteiger partial charge in [-0.25, -0.2) is 4.98 Å². The maximum Gasteiger partial charge on any atom is 0.251 e. The second-order valence-electron chi connectivity index (χ2n) is 3.21. The lowest BCUT2D eigenvalue weighted by molar-refractivity contribution is 0.0953. The number of aromatic nitrogens is 1. The van der Waals surface area contributed by atoms with Gasteiger partial charge in [0.1, 0.15) is 11.0 Å². The average molecular weight is 228 g/mol. The first kappa shape index (κ1) is 11.8. The average Bonchev–Trinajstić information content (AvgIpc) is 2.16. The van der Waals surface area contributed by atoms with Crippen molar-refractivity contribution in [2.75, 3.05) is 12.3 Å². The number of carbonyl (C=O) groups is 1. The molecule has 0 bridgehead atoms. The molecular formula is C10H14ClN3O. The lowest BCUT2D eigenvalue weighted by atomic mass is 10.2. The Kier molecular flexibility index (Phi) is 4.37. The van der Waals surface area contributed by atoms with Crippen LogP contribution in [0.3, 0.4) is 0 Å². The highest BCUT2D eigenvalue weighted by molar-refractivity contribution is 6.29. The molecule has 4 nitrogen and oxygen atoms in total. The summed E-state index contributed by atoms with van der Waals surface area (Å²) in [6.45, 7) is 2.72. The van der Waals surface area contributed by atoms with E-state index in [-0.39, 0.29) is 16.9 Å². The van der Waals surface area contributed by atoms with E-state index < -0.39 is 0 Å². The van der Waals surface area contributed by atoms with Crippen molar-refractivity contribution in [1.29, 1.82) is 0 Å². The van der Waals surface area contributed by atoms with Gasteiger partial charge < -0.3 is 11.1 Å². The van der Waals surface area contributed by atoms with Gasteiger partial charge in [-0.15, -0.1) is 0 Å². The number of rotatable bonds is 4. The highest BCUT2D eigenvalue weighted by Crippen LogP contribution is 2.11. The third kappa shape index (κ3) is 3.75. The SMILES string of the molecule is CCCCNC(=O)c1cc(N)nc(Cl)c1. The van der Waals surface area contributed by atoms with E-state index >= 15 is 0 Å². The topological polar surface area (TPSA) is 68.0 Å². The van der Waals surface area contributed by atoms with Crippen LogP contribution in [0.1, 0.15) is 30.1 Å². The van der Waals surface area contributed by atoms with Crippen LogP contribution in [0.15, 0.2) is 12.1 Å². The molecule has 3 N–H and O–H groups in total. The number of nitrogens with two attached hydrogens (primary N) is 1. The number of nitrogens with zero attached hydrogens (tertiary/aromatic N) is 1. The fourth-order valence-electron chi connectivity index (χ4n) is 1.13. The quantitative estimate of drug-likeness (QED) is 0.609. The Hall–Kier alpha value is -1.29. The van der Waals surface area contributed by atoms with E-state index in [0.717, 1.165) is 12.8 Å². The predicted molar refractivity (Wildman–Crippen MR) is 60.9 cm³/mol. The van der Waals surface area contributed by atoms with Crippen LogP contribution in [0.5, 0.6) is 0 Å². The van der Waals surface area contributed by atoms with Crippen molar-refractivity contribution < 1.29 is 4.79 Å². The molecule has 0 aliphatic rings. The molecule has 0 fully saturated rings. The minimum atomic E-state index is -0.167. The monoisotopic (exact) mass is 227 g/mol. The number of pyridine rings is 1. The Morgan fingerprint density at radius 1 is 1.60 bits per heavy atom. The van der Waals surface area contributed by atoms with Crippen molar-refractivity contribution in [2.24, 2.45) is 0 Å². The van der Waals surface area contributed by atoms with Gasteiger partial charge in [0.15, 0.2) is 0 Å². The van der Waals surface area contributed by atoms with Crippen LogP contribution < -0.4 is 11.1 Å². The van der Waals surface area contributed by atoms with Crippen molar-refractivity contribution in [2.45, 2.75) is 19.8 Å². The van der Waals surface area contributed by atoms with E-state index in [4.69, 9.17) is 17.3 Å². The van der Waals surface area contributed by atoms with Gasteiger partial charge in [-0.05, 0) is 18.6 Å². The molecule has 15 heavy (non-hydrogen) atoms. The lowest BCUT2D eigenvalue weighted by Gasteiger charge is -2.05. The van der Waals surface area contributed by atoms with Crippen LogP contribution in [0.2, 0.25) is 5.15 Å². The smallest absolute Gasteiger partial charge is 0.251 e. The number of amides is 1. The first-order valence-corrected chi connectivity index (χ1v) is 5.22. The molecule has 1 amide bonds. The Bertz CT molecular complexity index is 334. The lowest BCUT2D eigenvalue weighted by Crippen LogP contribution is -2.24. The molecule has 0 aliphatic carbocycles. The van der Waals surface area contributed by atoms with E-state index in [1.54, 1.807) is 0 Å². The van der Waals surface area contributed by atoms with Crippen LogP contribution in [0, 0.1) is 0 Å². The molecule has 0 radical (unpaired) electrons. The summed E-state index contributed by atoms with van der Waals surface area (Å²) >= 11 is 5.68. The molecule has 1 rings (SSSR count). The first-order chi connectivity index (χ1) is 7.13. The Balaban J connectivity index is 2.65. The largest absolute Gasteiger partial charge is 0.384 e. The van der Waals surface area contributed by atoms with E-state index in [9.17, 15) is 4.79 Å². The molecule has 0 aromatic carbocycles. The molecule has 5 heteroatoms. The van der Waals surface area contributed by atoms with E-state index in [2.05, 4.69) is 17.2 Å². The molecule has 1 aromatic heterocycles. The normalized spacial score (nSPS) is 10.0. The van der Waals surface area contributed by atoms with E-state index in [0.29, 0.717) is 12.1 Å². The molecule has 82 valence electrons. The maximum absolute atomic E-state index is 11.6. The number of hydrogen-bond donors (Lipinski definition) is 2. The Morgan fingerprint density at radius 2 is 2.33 bits per heavy atom. The summed E-state index contributed by atoms with van der Waals surface area (Å²) in [7, 11) is 0. The van der Waals surface area contributed by atoms with E-state index in [1.807, 2.05) is 0 Å². The third-order valence-corrected chi connectivity index (χ3v) is 2.09. The predicted octanol–water partition coefficient (Wildman–Crippen LogP) is 1.85. The number of hydrogen-bond acceptors (Lipinski definition) is 3. The molecule has 0 saturated carbocycles. The van der Waals surface area contributed by atoms with Crippen LogP contribution in [-0.2, 0) is 0 Å². The number of nitrogen functional groups attached to an aromatic ring is 1. The van der Waals surface area contributed by atoms with Gasteiger partial charge in [0.05, 0.1) is 0 Å². The van der Waals surface area contributed by atoms with Crippen LogP contribution in [0.25, 0.3) is 0 Å². The Labute approximate surface area is 93.8 Å². The highest BCUT2D eigenvalue weighted by Gasteiger charge is 2.07. The highest BCUT2D eigenvalue weighted by atomic mass is 35.5. The Morgan fingerprint density at radius 3 is 2.93 bits per heavy atom. The second-order valence-corrected chi connectivity index (χ2v) is 3.60. The molecular weight excluding hydrogens is 214 g/mol. The molecule has 1 heterocycles. The van der Waals surface area contributed by atoms with E-state index in [1.165, 1.54) is 12.1 Å². The van der Waals surface area contributed by atoms with Gasteiger partial charge in [0.2, 0.25) is 0 Å². The zero-order valence-electron chi connectivity index (χ0n) is 8.59. The molecule has 0 spiro atoms. The molecule has 0 saturated heterocycles. The zero-order valence-corrected chi connectivity index (χ0v) is 9.34. The summed E-state index contributed by atoms with van der Waals surface area (Å²) in [5, 5.41) is 3.01. The van der Waals surface area contributed by atoms with Gasteiger partial charge in [-0.2, -0.15) is 0 Å². The fraction of sp³-hybridized carbons (Fsp3) is 0.400. The molecule has 0 aliphatic heterocycles. The molecule has 1 aromatic rings. The number of carbonyl (C=O) groups excluding carboxylic acids is 1. The van der Waals surface area contributed by atoms with Crippen molar-refractivity contribution in [3.63, 3.8) is 0 Å². The van der Waals surface area contributed by atoms with Gasteiger partial charge >= 0.3 is 0 Å². The van der Waals surface area contributed by atoms with Crippen LogP contribution >= 0.6 is 11.6 Å². The maximum atomic E-state index is 11.6. The number of nitrogens with one attached hydrogen (secondary N) is 1. The summed E-state index contributed by atoms with van der Waals surface area (Å²) < 4.78 is 0. The number of anilines is 1. The first-order valence-electron chi connectivity index (χ1n) is 4.84. The fourth-order valence-corrected chi connectivity index (χ4v) is 1.34. The van der Waals surface area contributed by atoms with Crippen LogP contribution in [0.4, 0.5) is 5.82 Å². The number of unbranched alkanes of at least 4 members (excludes halogenated alkanes) is 1. The van der Waals surface area contributed by atoms with Gasteiger partial charge in [-0.1, -0.05) is 24.9 Å². The van der Waals surface area contributed by atoms with Crippen molar-refractivity contribution >= 4 is 23.3 Å². The minimum absolute atomic E-state index is 0.167. The standard InChI is InChI=1S/C10H14ClN3O/c1-2-3-4-13-10(15)7-5-8(11)14-9(12)6-7/h5-6H,2-4H2,1H3,(H2,12,14)(H,13,15). The summed E-state index contributed by atoms with van der Waals surface area (Å²) in [6.07, 6.45) is 2.00. The zero-order chi connectivity index (χ0) is 11.3. The van der Waals surface area contributed by atoms with Gasteiger partial charge in [-0.3, -0.25) is 4.79 Å². The van der Waals surface area contributed by atoms with Gasteiger partial charge in [0, 0.05) is 12.1 Å².